The Kier molecular flexibility index (Phi) is 3.57. The molecule has 0 radical (unpaired) electrons. The Labute approximate surface area is 121 Å². The van der Waals surface area contributed by atoms with Gasteiger partial charge in [-0.1, -0.05) is 19.9 Å². The number of hydrogen-bond donors (Lipinski definition) is 0. The minimum absolute atomic E-state index is 0.0756. The first kappa shape index (κ1) is 13.7. The number of aryl methyl sites for hydroxylation is 2. The van der Waals surface area contributed by atoms with Crippen LogP contribution in [0.15, 0.2) is 18.2 Å². The van der Waals surface area contributed by atoms with Crippen LogP contribution < -0.4 is 4.74 Å². The smallest absolute Gasteiger partial charge is 0.146 e. The Bertz CT molecular complexity index is 514. The molecule has 1 aromatic rings. The van der Waals surface area contributed by atoms with Crippen molar-refractivity contribution in [2.45, 2.75) is 64.9 Å². The maximum Gasteiger partial charge on any atom is 0.146 e. The summed E-state index contributed by atoms with van der Waals surface area (Å²) in [5.41, 5.74) is 2.69. The number of rotatable bonds is 4. The van der Waals surface area contributed by atoms with Crippen LogP contribution >= 0.6 is 0 Å². The van der Waals surface area contributed by atoms with Gasteiger partial charge in [-0.15, -0.1) is 0 Å². The van der Waals surface area contributed by atoms with Gasteiger partial charge in [-0.3, -0.25) is 4.79 Å². The number of fused-ring (bicyclic) bond motifs is 1. The minimum Gasteiger partial charge on any atom is -0.489 e. The van der Waals surface area contributed by atoms with Crippen LogP contribution in [-0.4, -0.2) is 11.9 Å². The predicted molar refractivity (Wildman–Crippen MR) is 80.1 cm³/mol. The highest BCUT2D eigenvalue weighted by Crippen LogP contribution is 2.45. The lowest BCUT2D eigenvalue weighted by Gasteiger charge is -2.46. The van der Waals surface area contributed by atoms with Gasteiger partial charge in [0, 0.05) is 6.42 Å². The SMILES string of the molecule is CCC1(CC)C(=O)CC1Oc1ccc2c(c1)CCCC2. The summed E-state index contributed by atoms with van der Waals surface area (Å²) in [7, 11) is 0. The number of ketones is 1. The van der Waals surface area contributed by atoms with E-state index in [2.05, 4.69) is 32.0 Å². The first-order valence-corrected chi connectivity index (χ1v) is 8.01. The molecule has 20 heavy (non-hydrogen) atoms. The van der Waals surface area contributed by atoms with Gasteiger partial charge in [0.1, 0.15) is 17.6 Å². The summed E-state index contributed by atoms with van der Waals surface area (Å²) >= 11 is 0. The van der Waals surface area contributed by atoms with Gasteiger partial charge in [-0.2, -0.15) is 0 Å². The third-order valence-electron chi connectivity index (χ3n) is 5.40. The quantitative estimate of drug-likeness (QED) is 0.825. The molecule has 1 fully saturated rings. The molecular weight excluding hydrogens is 248 g/mol. The average molecular weight is 272 g/mol. The van der Waals surface area contributed by atoms with Crippen LogP contribution in [0.2, 0.25) is 0 Å². The molecule has 1 saturated carbocycles. The third-order valence-corrected chi connectivity index (χ3v) is 5.40. The standard InChI is InChI=1S/C18H24O2/c1-3-18(4-2)16(19)12-17(18)20-15-10-9-13-7-5-6-8-14(13)11-15/h9-11,17H,3-8,12H2,1-2H3. The summed E-state index contributed by atoms with van der Waals surface area (Å²) in [5, 5.41) is 0. The molecule has 2 aliphatic carbocycles. The lowest BCUT2D eigenvalue weighted by atomic mass is 9.61. The molecule has 0 N–H and O–H groups in total. The number of Topliss-reactive ketones (excluding diaryl/α,β-unsaturated/α-hetero) is 1. The summed E-state index contributed by atoms with van der Waals surface area (Å²) < 4.78 is 6.16. The highest BCUT2D eigenvalue weighted by molar-refractivity contribution is 5.92. The van der Waals surface area contributed by atoms with E-state index in [4.69, 9.17) is 4.74 Å². The summed E-state index contributed by atoms with van der Waals surface area (Å²) in [6.45, 7) is 4.20. The van der Waals surface area contributed by atoms with Gasteiger partial charge < -0.3 is 4.74 Å². The van der Waals surface area contributed by atoms with Crippen LogP contribution in [0, 0.1) is 5.41 Å². The Balaban J connectivity index is 1.77. The number of carbonyl (C=O) groups excluding carboxylic acids is 1. The van der Waals surface area contributed by atoms with E-state index in [-0.39, 0.29) is 11.5 Å². The van der Waals surface area contributed by atoms with Crippen molar-refractivity contribution in [2.75, 3.05) is 0 Å². The lowest BCUT2D eigenvalue weighted by Crippen LogP contribution is -2.56. The maximum atomic E-state index is 12.0. The van der Waals surface area contributed by atoms with Crippen molar-refractivity contribution in [1.82, 2.24) is 0 Å². The van der Waals surface area contributed by atoms with Gasteiger partial charge in [-0.05, 0) is 61.8 Å². The molecule has 2 aliphatic rings. The first-order valence-electron chi connectivity index (χ1n) is 8.01. The van der Waals surface area contributed by atoms with Crippen molar-refractivity contribution >= 4 is 5.78 Å². The Morgan fingerprint density at radius 3 is 2.50 bits per heavy atom. The number of benzene rings is 1. The lowest BCUT2D eigenvalue weighted by molar-refractivity contribution is -0.153. The van der Waals surface area contributed by atoms with E-state index in [1.807, 2.05) is 0 Å². The Morgan fingerprint density at radius 2 is 1.85 bits per heavy atom. The predicted octanol–water partition coefficient (Wildman–Crippen LogP) is 4.09. The molecule has 108 valence electrons. The van der Waals surface area contributed by atoms with Crippen molar-refractivity contribution in [1.29, 1.82) is 0 Å². The van der Waals surface area contributed by atoms with E-state index in [9.17, 15) is 4.79 Å². The van der Waals surface area contributed by atoms with E-state index in [1.54, 1.807) is 0 Å². The van der Waals surface area contributed by atoms with Gasteiger partial charge in [0.15, 0.2) is 0 Å². The van der Waals surface area contributed by atoms with E-state index >= 15 is 0 Å². The number of carbonyl (C=O) groups is 1. The maximum absolute atomic E-state index is 12.0. The fourth-order valence-corrected chi connectivity index (χ4v) is 3.82. The molecule has 0 amide bonds. The molecule has 0 aromatic heterocycles. The summed E-state index contributed by atoms with van der Waals surface area (Å²) in [4.78, 5) is 12.0. The van der Waals surface area contributed by atoms with Crippen LogP contribution in [0.25, 0.3) is 0 Å². The van der Waals surface area contributed by atoms with Crippen molar-refractivity contribution in [3.8, 4) is 5.75 Å². The second-order valence-corrected chi connectivity index (χ2v) is 6.23. The molecule has 2 nitrogen and oxygen atoms in total. The zero-order valence-corrected chi connectivity index (χ0v) is 12.6. The highest BCUT2D eigenvalue weighted by atomic mass is 16.5. The normalized spacial score (nSPS) is 23.9. The van der Waals surface area contributed by atoms with Gasteiger partial charge in [0.2, 0.25) is 0 Å². The zero-order valence-electron chi connectivity index (χ0n) is 12.6. The molecule has 0 heterocycles. The molecule has 2 heteroatoms. The summed E-state index contributed by atoms with van der Waals surface area (Å²) in [6, 6.07) is 6.50. The molecule has 1 aromatic carbocycles. The van der Waals surface area contributed by atoms with Crippen molar-refractivity contribution in [3.05, 3.63) is 29.3 Å². The monoisotopic (exact) mass is 272 g/mol. The summed E-state index contributed by atoms with van der Waals surface area (Å²) in [5.74, 6) is 1.33. The Hall–Kier alpha value is -1.31. The minimum atomic E-state index is -0.226. The third kappa shape index (κ3) is 2.06. The van der Waals surface area contributed by atoms with Crippen LogP contribution in [0.3, 0.4) is 0 Å². The van der Waals surface area contributed by atoms with E-state index in [0.29, 0.717) is 12.2 Å². The van der Waals surface area contributed by atoms with E-state index in [1.165, 1.54) is 36.8 Å². The van der Waals surface area contributed by atoms with Crippen LogP contribution in [0.4, 0.5) is 0 Å². The zero-order chi connectivity index (χ0) is 14.2. The fourth-order valence-electron chi connectivity index (χ4n) is 3.82. The summed E-state index contributed by atoms with van der Waals surface area (Å²) in [6.07, 6.45) is 7.39. The average Bonchev–Trinajstić information content (AvgIpc) is 2.48. The molecule has 0 spiro atoms. The molecule has 3 rings (SSSR count). The molecule has 1 atom stereocenters. The van der Waals surface area contributed by atoms with Crippen molar-refractivity contribution in [3.63, 3.8) is 0 Å². The van der Waals surface area contributed by atoms with E-state index in [0.717, 1.165) is 18.6 Å². The molecule has 0 saturated heterocycles. The topological polar surface area (TPSA) is 26.3 Å². The molecule has 0 bridgehead atoms. The van der Waals surface area contributed by atoms with E-state index < -0.39 is 0 Å². The first-order chi connectivity index (χ1) is 9.69. The van der Waals surface area contributed by atoms with Crippen LogP contribution in [0.1, 0.15) is 57.1 Å². The molecule has 1 unspecified atom stereocenters. The van der Waals surface area contributed by atoms with Crippen molar-refractivity contribution < 1.29 is 9.53 Å². The second-order valence-electron chi connectivity index (χ2n) is 6.23. The van der Waals surface area contributed by atoms with Gasteiger partial charge in [0.25, 0.3) is 0 Å². The highest BCUT2D eigenvalue weighted by Gasteiger charge is 2.53. The van der Waals surface area contributed by atoms with Gasteiger partial charge in [-0.25, -0.2) is 0 Å². The van der Waals surface area contributed by atoms with Crippen LogP contribution in [0.5, 0.6) is 5.75 Å². The molecular formula is C18H24O2. The second kappa shape index (κ2) is 5.23. The van der Waals surface area contributed by atoms with Crippen LogP contribution in [-0.2, 0) is 17.6 Å². The van der Waals surface area contributed by atoms with Crippen molar-refractivity contribution in [2.24, 2.45) is 5.41 Å². The fraction of sp³-hybridized carbons (Fsp3) is 0.611. The van der Waals surface area contributed by atoms with Gasteiger partial charge >= 0.3 is 0 Å². The Morgan fingerprint density at radius 1 is 1.15 bits per heavy atom. The van der Waals surface area contributed by atoms with Gasteiger partial charge in [0.05, 0.1) is 5.41 Å². The largest absolute Gasteiger partial charge is 0.489 e. The number of ether oxygens (including phenoxy) is 1. The number of hydrogen-bond acceptors (Lipinski definition) is 2. The molecule has 0 aliphatic heterocycles.